The molecule has 0 aliphatic carbocycles. The molecule has 0 bridgehead atoms. The van der Waals surface area contributed by atoms with Gasteiger partial charge >= 0.3 is 0 Å². The number of aromatic nitrogens is 4. The van der Waals surface area contributed by atoms with Gasteiger partial charge in [-0.25, -0.2) is 14.6 Å². The highest BCUT2D eigenvalue weighted by molar-refractivity contribution is 5.23. The lowest BCUT2D eigenvalue weighted by Gasteiger charge is -2.00. The third-order valence-electron chi connectivity index (χ3n) is 2.50. The van der Waals surface area contributed by atoms with Crippen molar-refractivity contribution in [3.8, 4) is 5.82 Å². The van der Waals surface area contributed by atoms with E-state index in [9.17, 15) is 0 Å². The van der Waals surface area contributed by atoms with Gasteiger partial charge in [-0.2, -0.15) is 5.10 Å². The number of nitrogens with one attached hydrogen (secondary N) is 1. The average molecular weight is 231 g/mol. The van der Waals surface area contributed by atoms with Gasteiger partial charge < -0.3 is 5.32 Å². The van der Waals surface area contributed by atoms with Crippen molar-refractivity contribution in [2.45, 2.75) is 20.3 Å². The Hall–Kier alpha value is -1.75. The monoisotopic (exact) mass is 231 g/mol. The van der Waals surface area contributed by atoms with Crippen LogP contribution in [0.1, 0.15) is 18.2 Å². The Balaban J connectivity index is 2.07. The summed E-state index contributed by atoms with van der Waals surface area (Å²) in [5.74, 6) is 0.812. The first kappa shape index (κ1) is 11.7. The Morgan fingerprint density at radius 1 is 1.35 bits per heavy atom. The van der Waals surface area contributed by atoms with E-state index in [-0.39, 0.29) is 0 Å². The molecule has 0 spiro atoms. The maximum atomic E-state index is 4.30. The Morgan fingerprint density at radius 2 is 2.24 bits per heavy atom. The van der Waals surface area contributed by atoms with Crippen LogP contribution in [0.25, 0.3) is 5.82 Å². The van der Waals surface area contributed by atoms with E-state index in [2.05, 4.69) is 27.3 Å². The molecule has 17 heavy (non-hydrogen) atoms. The zero-order valence-electron chi connectivity index (χ0n) is 10.2. The van der Waals surface area contributed by atoms with Gasteiger partial charge in [0.25, 0.3) is 0 Å². The van der Waals surface area contributed by atoms with Gasteiger partial charge in [0, 0.05) is 18.0 Å². The van der Waals surface area contributed by atoms with Crippen LogP contribution in [-0.4, -0.2) is 32.8 Å². The number of aryl methyl sites for hydroxylation is 1. The zero-order valence-corrected chi connectivity index (χ0v) is 10.2. The fraction of sp³-hybridized carbons (Fsp3) is 0.417. The van der Waals surface area contributed by atoms with Crippen molar-refractivity contribution >= 4 is 0 Å². The second kappa shape index (κ2) is 5.54. The molecular weight excluding hydrogens is 214 g/mol. The first-order chi connectivity index (χ1) is 8.29. The topological polar surface area (TPSA) is 55.6 Å². The smallest absolute Gasteiger partial charge is 0.156 e. The Labute approximate surface area is 101 Å². The summed E-state index contributed by atoms with van der Waals surface area (Å²) >= 11 is 0. The van der Waals surface area contributed by atoms with Crippen LogP contribution >= 0.6 is 0 Å². The number of nitrogens with zero attached hydrogens (tertiary/aromatic N) is 4. The van der Waals surface area contributed by atoms with E-state index in [1.165, 1.54) is 5.56 Å². The van der Waals surface area contributed by atoms with Gasteiger partial charge in [-0.1, -0.05) is 6.92 Å². The van der Waals surface area contributed by atoms with Crippen molar-refractivity contribution < 1.29 is 0 Å². The normalized spacial score (nSPS) is 10.7. The molecule has 2 rings (SSSR count). The van der Waals surface area contributed by atoms with E-state index in [0.29, 0.717) is 0 Å². The summed E-state index contributed by atoms with van der Waals surface area (Å²) in [6, 6.07) is 1.92. The molecule has 0 radical (unpaired) electrons. The molecule has 0 aliphatic rings. The molecule has 90 valence electrons. The van der Waals surface area contributed by atoms with Gasteiger partial charge in [0.1, 0.15) is 6.33 Å². The molecule has 0 unspecified atom stereocenters. The maximum absolute atomic E-state index is 4.30. The number of rotatable bonds is 5. The first-order valence-corrected chi connectivity index (χ1v) is 5.83. The lowest BCUT2D eigenvalue weighted by atomic mass is 10.2. The Morgan fingerprint density at radius 3 is 3.00 bits per heavy atom. The largest absolute Gasteiger partial charge is 0.317 e. The first-order valence-electron chi connectivity index (χ1n) is 5.83. The minimum absolute atomic E-state index is 0.812. The van der Waals surface area contributed by atoms with Crippen LogP contribution in [0.15, 0.2) is 24.8 Å². The molecule has 0 amide bonds. The molecule has 2 aromatic rings. The summed E-state index contributed by atoms with van der Waals surface area (Å²) in [4.78, 5) is 8.26. The summed E-state index contributed by atoms with van der Waals surface area (Å²) in [5, 5.41) is 7.60. The minimum atomic E-state index is 0.812. The van der Waals surface area contributed by atoms with Crippen molar-refractivity contribution in [2.75, 3.05) is 13.1 Å². The van der Waals surface area contributed by atoms with E-state index in [1.807, 2.05) is 25.4 Å². The fourth-order valence-corrected chi connectivity index (χ4v) is 1.59. The van der Waals surface area contributed by atoms with Crippen LogP contribution in [0, 0.1) is 6.92 Å². The molecule has 5 heteroatoms. The molecule has 5 nitrogen and oxygen atoms in total. The third kappa shape index (κ3) is 3.10. The average Bonchev–Trinajstić information content (AvgIpc) is 2.78. The molecular formula is C12H17N5. The Bertz CT molecular complexity index is 477. The minimum Gasteiger partial charge on any atom is -0.317 e. The molecule has 0 saturated heterocycles. The number of hydrogen-bond acceptors (Lipinski definition) is 4. The van der Waals surface area contributed by atoms with Crippen molar-refractivity contribution in [1.29, 1.82) is 0 Å². The van der Waals surface area contributed by atoms with Gasteiger partial charge in [-0.05, 0) is 32.0 Å². The van der Waals surface area contributed by atoms with Crippen LogP contribution in [0.2, 0.25) is 0 Å². The molecule has 2 heterocycles. The highest BCUT2D eigenvalue weighted by Gasteiger charge is 2.02. The van der Waals surface area contributed by atoms with E-state index in [4.69, 9.17) is 0 Å². The maximum Gasteiger partial charge on any atom is 0.156 e. The predicted molar refractivity (Wildman–Crippen MR) is 66.1 cm³/mol. The molecule has 2 aromatic heterocycles. The number of hydrogen-bond donors (Lipinski definition) is 1. The molecule has 0 saturated carbocycles. The van der Waals surface area contributed by atoms with Crippen LogP contribution in [-0.2, 0) is 6.42 Å². The van der Waals surface area contributed by atoms with Crippen LogP contribution in [0.4, 0.5) is 0 Å². The van der Waals surface area contributed by atoms with Crippen molar-refractivity contribution in [3.05, 3.63) is 36.0 Å². The van der Waals surface area contributed by atoms with Gasteiger partial charge in [-0.15, -0.1) is 0 Å². The summed E-state index contributed by atoms with van der Waals surface area (Å²) in [6.07, 6.45) is 6.44. The van der Waals surface area contributed by atoms with E-state index in [0.717, 1.165) is 31.0 Å². The van der Waals surface area contributed by atoms with E-state index in [1.54, 1.807) is 11.0 Å². The molecule has 0 atom stereocenters. The molecule has 0 aliphatic heterocycles. The fourth-order valence-electron chi connectivity index (χ4n) is 1.59. The molecule has 0 fully saturated rings. The second-order valence-electron chi connectivity index (χ2n) is 3.91. The molecule has 1 N–H and O–H groups in total. The van der Waals surface area contributed by atoms with Crippen molar-refractivity contribution in [3.63, 3.8) is 0 Å². The second-order valence-corrected chi connectivity index (χ2v) is 3.91. The lowest BCUT2D eigenvalue weighted by molar-refractivity contribution is 0.716. The number of likely N-dealkylation sites (N-methyl/N-ethyl adjacent to an activating group) is 1. The summed E-state index contributed by atoms with van der Waals surface area (Å²) in [7, 11) is 0. The van der Waals surface area contributed by atoms with Gasteiger partial charge in [0.15, 0.2) is 5.82 Å². The van der Waals surface area contributed by atoms with Gasteiger partial charge in [0.2, 0.25) is 0 Å². The lowest BCUT2D eigenvalue weighted by Crippen LogP contribution is -2.15. The molecule has 0 aromatic carbocycles. The highest BCUT2D eigenvalue weighted by atomic mass is 15.3. The van der Waals surface area contributed by atoms with E-state index >= 15 is 0 Å². The standard InChI is InChI=1S/C12H17N5/c1-3-13-5-4-11-7-16-17(8-11)12-6-10(2)14-9-15-12/h6-9,13H,3-5H2,1-2H3. The SMILES string of the molecule is CCNCCc1cnn(-c2cc(C)ncn2)c1. The van der Waals surface area contributed by atoms with Gasteiger partial charge in [-0.3, -0.25) is 0 Å². The van der Waals surface area contributed by atoms with Crippen LogP contribution < -0.4 is 5.32 Å². The summed E-state index contributed by atoms with van der Waals surface area (Å²) < 4.78 is 1.79. The summed E-state index contributed by atoms with van der Waals surface area (Å²) in [6.45, 7) is 6.03. The van der Waals surface area contributed by atoms with Gasteiger partial charge in [0.05, 0.1) is 6.20 Å². The Kier molecular flexibility index (Phi) is 3.82. The van der Waals surface area contributed by atoms with Crippen molar-refractivity contribution in [2.24, 2.45) is 0 Å². The third-order valence-corrected chi connectivity index (χ3v) is 2.50. The quantitative estimate of drug-likeness (QED) is 0.784. The van der Waals surface area contributed by atoms with Crippen LogP contribution in [0.5, 0.6) is 0 Å². The zero-order chi connectivity index (χ0) is 12.1. The van der Waals surface area contributed by atoms with E-state index < -0.39 is 0 Å². The van der Waals surface area contributed by atoms with Crippen LogP contribution in [0.3, 0.4) is 0 Å². The highest BCUT2D eigenvalue weighted by Crippen LogP contribution is 2.06. The summed E-state index contributed by atoms with van der Waals surface area (Å²) in [5.41, 5.74) is 2.15. The predicted octanol–water partition coefficient (Wildman–Crippen LogP) is 1.12. The van der Waals surface area contributed by atoms with Crippen molar-refractivity contribution in [1.82, 2.24) is 25.1 Å².